The lowest BCUT2D eigenvalue weighted by molar-refractivity contribution is 0.223. The standard InChI is InChI=1S/C12H15O2/c1-12(2,3)9-4-5-10-11(8-9)14-7-6-13-10/h4-6,8H,7H2,1-3H3. The molecule has 0 saturated heterocycles. The van der Waals surface area contributed by atoms with Gasteiger partial charge in [0.25, 0.3) is 0 Å². The fourth-order valence-corrected chi connectivity index (χ4v) is 1.43. The van der Waals surface area contributed by atoms with E-state index in [9.17, 15) is 0 Å². The molecule has 0 fully saturated rings. The van der Waals surface area contributed by atoms with E-state index < -0.39 is 0 Å². The quantitative estimate of drug-likeness (QED) is 0.627. The molecule has 0 unspecified atom stereocenters. The Morgan fingerprint density at radius 3 is 2.64 bits per heavy atom. The maximum Gasteiger partial charge on any atom is 0.173 e. The summed E-state index contributed by atoms with van der Waals surface area (Å²) in [6.07, 6.45) is 0. The first-order valence-electron chi connectivity index (χ1n) is 4.83. The van der Waals surface area contributed by atoms with Crippen molar-refractivity contribution in [1.82, 2.24) is 0 Å². The van der Waals surface area contributed by atoms with Crippen LogP contribution in [0.15, 0.2) is 18.2 Å². The van der Waals surface area contributed by atoms with E-state index in [1.807, 2.05) is 6.07 Å². The van der Waals surface area contributed by atoms with Crippen molar-refractivity contribution in [3.63, 3.8) is 0 Å². The summed E-state index contributed by atoms with van der Waals surface area (Å²) in [7, 11) is 0. The molecule has 0 saturated carbocycles. The highest BCUT2D eigenvalue weighted by atomic mass is 16.6. The molecule has 75 valence electrons. The zero-order valence-electron chi connectivity index (χ0n) is 8.83. The molecule has 0 amide bonds. The highest BCUT2D eigenvalue weighted by molar-refractivity contribution is 5.45. The molecule has 1 radical (unpaired) electrons. The maximum atomic E-state index is 5.48. The maximum absolute atomic E-state index is 5.48. The lowest BCUT2D eigenvalue weighted by atomic mass is 9.87. The van der Waals surface area contributed by atoms with E-state index in [4.69, 9.17) is 9.47 Å². The van der Waals surface area contributed by atoms with Crippen LogP contribution >= 0.6 is 0 Å². The molecule has 14 heavy (non-hydrogen) atoms. The molecular formula is C12H15O2. The zero-order valence-corrected chi connectivity index (χ0v) is 8.83. The van der Waals surface area contributed by atoms with Crippen LogP contribution < -0.4 is 9.47 Å². The molecule has 0 N–H and O–H groups in total. The van der Waals surface area contributed by atoms with Gasteiger partial charge in [-0.25, -0.2) is 0 Å². The lowest BCUT2D eigenvalue weighted by Crippen LogP contribution is -2.14. The largest absolute Gasteiger partial charge is 0.486 e. The number of ether oxygens (including phenoxy) is 2. The highest BCUT2D eigenvalue weighted by Crippen LogP contribution is 2.35. The van der Waals surface area contributed by atoms with Gasteiger partial charge in [-0.05, 0) is 23.1 Å². The number of hydrogen-bond donors (Lipinski definition) is 0. The van der Waals surface area contributed by atoms with Gasteiger partial charge in [-0.2, -0.15) is 0 Å². The monoisotopic (exact) mass is 191 g/mol. The van der Waals surface area contributed by atoms with Crippen molar-refractivity contribution in [2.24, 2.45) is 0 Å². The third-order valence-corrected chi connectivity index (χ3v) is 2.33. The van der Waals surface area contributed by atoms with Crippen LogP contribution in [-0.4, -0.2) is 6.61 Å². The van der Waals surface area contributed by atoms with Crippen molar-refractivity contribution in [3.8, 4) is 11.5 Å². The Kier molecular flexibility index (Phi) is 2.14. The summed E-state index contributed by atoms with van der Waals surface area (Å²) in [5.41, 5.74) is 1.42. The fourth-order valence-electron chi connectivity index (χ4n) is 1.43. The van der Waals surface area contributed by atoms with Crippen LogP contribution in [0.2, 0.25) is 0 Å². The van der Waals surface area contributed by atoms with E-state index in [1.165, 1.54) is 5.56 Å². The van der Waals surface area contributed by atoms with Crippen LogP contribution in [0.5, 0.6) is 11.5 Å². The van der Waals surface area contributed by atoms with Gasteiger partial charge in [-0.3, -0.25) is 0 Å². The van der Waals surface area contributed by atoms with Crippen molar-refractivity contribution in [2.45, 2.75) is 26.2 Å². The summed E-state index contributed by atoms with van der Waals surface area (Å²) >= 11 is 0. The van der Waals surface area contributed by atoms with Crippen LogP contribution in [0, 0.1) is 6.61 Å². The van der Waals surface area contributed by atoms with E-state index >= 15 is 0 Å². The Morgan fingerprint density at radius 1 is 1.14 bits per heavy atom. The van der Waals surface area contributed by atoms with Crippen molar-refractivity contribution >= 4 is 0 Å². The molecule has 2 nitrogen and oxygen atoms in total. The first-order valence-corrected chi connectivity index (χ1v) is 4.83. The van der Waals surface area contributed by atoms with E-state index in [-0.39, 0.29) is 5.41 Å². The number of hydrogen-bond acceptors (Lipinski definition) is 2. The van der Waals surface area contributed by atoms with Crippen molar-refractivity contribution < 1.29 is 9.47 Å². The van der Waals surface area contributed by atoms with Crippen LogP contribution in [0.4, 0.5) is 0 Å². The first-order chi connectivity index (χ1) is 6.57. The summed E-state index contributed by atoms with van der Waals surface area (Å²) in [4.78, 5) is 0. The lowest BCUT2D eigenvalue weighted by Gasteiger charge is -2.23. The van der Waals surface area contributed by atoms with Crippen molar-refractivity contribution in [1.29, 1.82) is 0 Å². The summed E-state index contributed by atoms with van der Waals surface area (Å²) in [5.74, 6) is 1.66. The van der Waals surface area contributed by atoms with E-state index in [1.54, 1.807) is 6.61 Å². The molecule has 0 spiro atoms. The van der Waals surface area contributed by atoms with Gasteiger partial charge in [0.2, 0.25) is 0 Å². The molecule has 0 bridgehead atoms. The minimum Gasteiger partial charge on any atom is -0.486 e. The zero-order chi connectivity index (χ0) is 10.2. The SMILES string of the molecule is CC(C)(C)c1ccc2c(c1)OC[CH]O2. The molecule has 2 heteroatoms. The van der Waals surface area contributed by atoms with Gasteiger partial charge in [0.1, 0.15) is 6.61 Å². The minimum atomic E-state index is 0.152. The Hall–Kier alpha value is -1.18. The third-order valence-electron chi connectivity index (χ3n) is 2.33. The predicted molar refractivity (Wildman–Crippen MR) is 55.6 cm³/mol. The summed E-state index contributed by atoms with van der Waals surface area (Å²) in [6, 6.07) is 6.11. The van der Waals surface area contributed by atoms with Crippen LogP contribution in [0.25, 0.3) is 0 Å². The van der Waals surface area contributed by atoms with E-state index in [2.05, 4.69) is 32.9 Å². The number of rotatable bonds is 0. The van der Waals surface area contributed by atoms with Gasteiger partial charge in [-0.1, -0.05) is 26.8 Å². The van der Waals surface area contributed by atoms with E-state index in [0.29, 0.717) is 6.61 Å². The fraction of sp³-hybridized carbons (Fsp3) is 0.417. The minimum absolute atomic E-state index is 0.152. The second kappa shape index (κ2) is 3.19. The summed E-state index contributed by atoms with van der Waals surface area (Å²) in [5, 5.41) is 0. The molecule has 1 aliphatic rings. The normalized spacial score (nSPS) is 15.4. The molecule has 2 rings (SSSR count). The van der Waals surface area contributed by atoms with Crippen molar-refractivity contribution in [3.05, 3.63) is 30.4 Å². The van der Waals surface area contributed by atoms with Gasteiger partial charge < -0.3 is 9.47 Å². The van der Waals surface area contributed by atoms with Gasteiger partial charge in [0.15, 0.2) is 18.1 Å². The van der Waals surface area contributed by atoms with Gasteiger partial charge >= 0.3 is 0 Å². The number of benzene rings is 1. The summed E-state index contributed by atoms with van der Waals surface area (Å²) < 4.78 is 10.8. The van der Waals surface area contributed by atoms with Crippen LogP contribution in [-0.2, 0) is 5.41 Å². The second-order valence-corrected chi connectivity index (χ2v) is 4.51. The molecular weight excluding hydrogens is 176 g/mol. The predicted octanol–water partition coefficient (Wildman–Crippen LogP) is 2.92. The Balaban J connectivity index is 2.39. The van der Waals surface area contributed by atoms with Crippen LogP contribution in [0.1, 0.15) is 26.3 Å². The molecule has 1 aromatic rings. The van der Waals surface area contributed by atoms with Gasteiger partial charge in [0, 0.05) is 0 Å². The Morgan fingerprint density at radius 2 is 1.93 bits per heavy atom. The molecule has 1 aliphatic heterocycles. The van der Waals surface area contributed by atoms with Crippen molar-refractivity contribution in [2.75, 3.05) is 6.61 Å². The smallest absolute Gasteiger partial charge is 0.173 e. The Bertz CT molecular complexity index is 337. The Labute approximate surface area is 84.8 Å². The van der Waals surface area contributed by atoms with Crippen LogP contribution in [0.3, 0.4) is 0 Å². The van der Waals surface area contributed by atoms with Gasteiger partial charge in [0.05, 0.1) is 0 Å². The molecule has 0 aliphatic carbocycles. The highest BCUT2D eigenvalue weighted by Gasteiger charge is 2.18. The molecule has 0 atom stereocenters. The molecule has 0 aromatic heterocycles. The number of fused-ring (bicyclic) bond motifs is 1. The topological polar surface area (TPSA) is 18.5 Å². The molecule has 1 aromatic carbocycles. The third kappa shape index (κ3) is 1.69. The van der Waals surface area contributed by atoms with Gasteiger partial charge in [-0.15, -0.1) is 0 Å². The average Bonchev–Trinajstić information content (AvgIpc) is 2.16. The summed E-state index contributed by atoms with van der Waals surface area (Å²) in [6.45, 7) is 8.75. The second-order valence-electron chi connectivity index (χ2n) is 4.51. The molecule has 1 heterocycles. The average molecular weight is 191 g/mol. The first kappa shape index (κ1) is 9.38. The van der Waals surface area contributed by atoms with E-state index in [0.717, 1.165) is 11.5 Å².